The maximum atomic E-state index is 12.9. The first-order valence-electron chi connectivity index (χ1n) is 10.6. The summed E-state index contributed by atoms with van der Waals surface area (Å²) in [6, 6.07) is 5.86. The van der Waals surface area contributed by atoms with Crippen LogP contribution in [0.2, 0.25) is 0 Å². The van der Waals surface area contributed by atoms with Crippen molar-refractivity contribution in [1.82, 2.24) is 0 Å². The van der Waals surface area contributed by atoms with Gasteiger partial charge in [0.05, 0.1) is 6.61 Å². The van der Waals surface area contributed by atoms with Crippen LogP contribution in [0.15, 0.2) is 24.3 Å². The molecule has 0 heterocycles. The maximum absolute atomic E-state index is 12.9. The number of unbranched alkanes of at least 4 members (excludes halogenated alkanes) is 7. The maximum Gasteiger partial charge on any atom is 0.306 e. The van der Waals surface area contributed by atoms with E-state index in [1.807, 2.05) is 0 Å². The third-order valence-electron chi connectivity index (χ3n) is 4.67. The minimum atomic E-state index is -0.443. The summed E-state index contributed by atoms with van der Waals surface area (Å²) in [5, 5.41) is 0. The summed E-state index contributed by atoms with van der Waals surface area (Å²) in [7, 11) is 0. The number of ether oxygens (including phenoxy) is 2. The van der Waals surface area contributed by atoms with Gasteiger partial charge in [0.15, 0.2) is 0 Å². The monoisotopic (exact) mass is 394 g/mol. The van der Waals surface area contributed by atoms with Crippen molar-refractivity contribution >= 4 is 11.9 Å². The van der Waals surface area contributed by atoms with Crippen LogP contribution in [0, 0.1) is 5.82 Å². The lowest BCUT2D eigenvalue weighted by Crippen LogP contribution is -2.11. The van der Waals surface area contributed by atoms with Crippen molar-refractivity contribution in [3.05, 3.63) is 35.6 Å². The molecule has 28 heavy (non-hydrogen) atoms. The Bertz CT molecular complexity index is 556. The highest BCUT2D eigenvalue weighted by Crippen LogP contribution is 2.18. The zero-order chi connectivity index (χ0) is 20.6. The first-order chi connectivity index (χ1) is 13.5. The molecule has 1 aromatic rings. The fraction of sp³-hybridized carbons (Fsp3) is 0.652. The summed E-state index contributed by atoms with van der Waals surface area (Å²) in [6.07, 6.45) is 9.98. The van der Waals surface area contributed by atoms with Crippen molar-refractivity contribution < 1.29 is 23.5 Å². The van der Waals surface area contributed by atoms with Gasteiger partial charge in [-0.05, 0) is 37.5 Å². The molecule has 0 amide bonds. The van der Waals surface area contributed by atoms with E-state index in [0.29, 0.717) is 13.0 Å². The summed E-state index contributed by atoms with van der Waals surface area (Å²) in [4.78, 5) is 23.6. The number of carbonyl (C=O) groups is 2. The van der Waals surface area contributed by atoms with Crippen LogP contribution in [-0.2, 0) is 19.1 Å². The Hall–Kier alpha value is -1.91. The number of halogens is 1. The summed E-state index contributed by atoms with van der Waals surface area (Å²) in [6.45, 7) is 4.41. The molecule has 0 aromatic heterocycles. The molecule has 0 spiro atoms. The summed E-state index contributed by atoms with van der Waals surface area (Å²) < 4.78 is 23.4. The van der Waals surface area contributed by atoms with Crippen LogP contribution < -0.4 is 0 Å². The summed E-state index contributed by atoms with van der Waals surface area (Å²) >= 11 is 0. The van der Waals surface area contributed by atoms with E-state index in [1.165, 1.54) is 50.7 Å². The molecule has 0 fully saturated rings. The van der Waals surface area contributed by atoms with Crippen molar-refractivity contribution in [1.29, 1.82) is 0 Å². The average Bonchev–Trinajstić information content (AvgIpc) is 2.67. The lowest BCUT2D eigenvalue weighted by atomic mass is 10.1. The molecule has 1 rings (SSSR count). The lowest BCUT2D eigenvalue weighted by Gasteiger charge is -2.13. The third kappa shape index (κ3) is 11.7. The fourth-order valence-corrected chi connectivity index (χ4v) is 2.93. The van der Waals surface area contributed by atoms with E-state index in [4.69, 9.17) is 9.47 Å². The van der Waals surface area contributed by atoms with E-state index >= 15 is 0 Å². The van der Waals surface area contributed by atoms with Crippen molar-refractivity contribution in [2.45, 2.75) is 90.6 Å². The molecule has 0 bridgehead atoms. The van der Waals surface area contributed by atoms with Crippen molar-refractivity contribution in [3.8, 4) is 0 Å². The molecule has 158 valence electrons. The van der Waals surface area contributed by atoms with Crippen LogP contribution in [0.3, 0.4) is 0 Å². The van der Waals surface area contributed by atoms with Gasteiger partial charge >= 0.3 is 11.9 Å². The molecule has 0 aliphatic rings. The largest absolute Gasteiger partial charge is 0.466 e. The highest BCUT2D eigenvalue weighted by molar-refractivity contribution is 5.72. The lowest BCUT2D eigenvalue weighted by molar-refractivity contribution is -0.149. The number of hydrogen-bond donors (Lipinski definition) is 0. The van der Waals surface area contributed by atoms with Gasteiger partial charge in [-0.1, -0.05) is 64.0 Å². The van der Waals surface area contributed by atoms with Crippen molar-refractivity contribution in [2.75, 3.05) is 6.61 Å². The van der Waals surface area contributed by atoms with E-state index < -0.39 is 6.10 Å². The van der Waals surface area contributed by atoms with Crippen LogP contribution >= 0.6 is 0 Å². The Morgan fingerprint density at radius 3 is 2.07 bits per heavy atom. The number of benzene rings is 1. The number of hydrogen-bond acceptors (Lipinski definition) is 4. The Kier molecular flexibility index (Phi) is 13.0. The van der Waals surface area contributed by atoms with Crippen LogP contribution in [0.4, 0.5) is 4.39 Å². The molecule has 1 atom stereocenters. The Balaban J connectivity index is 2.01. The quantitative estimate of drug-likeness (QED) is 0.259. The molecule has 0 N–H and O–H groups in total. The normalized spacial score (nSPS) is 11.8. The van der Waals surface area contributed by atoms with Gasteiger partial charge in [-0.2, -0.15) is 0 Å². The standard InChI is InChI=1S/C23H35FO4/c1-3-4-5-6-7-8-9-10-18-27-22(25)12-11-13-23(26)28-19(2)20-14-16-21(24)17-15-20/h14-17,19H,3-13,18H2,1-2H3. The third-order valence-corrected chi connectivity index (χ3v) is 4.67. The van der Waals surface area contributed by atoms with Crippen molar-refractivity contribution in [2.24, 2.45) is 0 Å². The molecule has 1 aromatic carbocycles. The van der Waals surface area contributed by atoms with Crippen LogP contribution in [0.25, 0.3) is 0 Å². The van der Waals surface area contributed by atoms with Crippen LogP contribution in [0.5, 0.6) is 0 Å². The second kappa shape index (κ2) is 15.1. The van der Waals surface area contributed by atoms with Gasteiger partial charge in [0, 0.05) is 12.8 Å². The zero-order valence-electron chi connectivity index (χ0n) is 17.4. The fourth-order valence-electron chi connectivity index (χ4n) is 2.93. The highest BCUT2D eigenvalue weighted by atomic mass is 19.1. The topological polar surface area (TPSA) is 52.6 Å². The van der Waals surface area contributed by atoms with Gasteiger partial charge in [0.25, 0.3) is 0 Å². The highest BCUT2D eigenvalue weighted by Gasteiger charge is 2.13. The average molecular weight is 395 g/mol. The van der Waals surface area contributed by atoms with E-state index in [-0.39, 0.29) is 30.6 Å². The van der Waals surface area contributed by atoms with Crippen LogP contribution in [0.1, 0.15) is 96.1 Å². The molecule has 5 heteroatoms. The van der Waals surface area contributed by atoms with Gasteiger partial charge in [-0.25, -0.2) is 4.39 Å². The number of rotatable bonds is 15. The Labute approximate surface area is 168 Å². The predicted octanol–water partition coefficient (Wildman–Crippen LogP) is 6.28. The van der Waals surface area contributed by atoms with E-state index in [1.54, 1.807) is 19.1 Å². The Morgan fingerprint density at radius 2 is 1.43 bits per heavy atom. The molecule has 0 aliphatic heterocycles. The molecule has 0 radical (unpaired) electrons. The minimum absolute atomic E-state index is 0.165. The van der Waals surface area contributed by atoms with Gasteiger partial charge in [0.2, 0.25) is 0 Å². The van der Waals surface area contributed by atoms with E-state index in [9.17, 15) is 14.0 Å². The van der Waals surface area contributed by atoms with Crippen LogP contribution in [-0.4, -0.2) is 18.5 Å². The van der Waals surface area contributed by atoms with E-state index in [0.717, 1.165) is 18.4 Å². The van der Waals surface area contributed by atoms with Gasteiger partial charge in [-0.3, -0.25) is 9.59 Å². The van der Waals surface area contributed by atoms with Gasteiger partial charge in [0.1, 0.15) is 11.9 Å². The second-order valence-corrected chi connectivity index (χ2v) is 7.23. The molecule has 0 saturated carbocycles. The number of esters is 2. The molecule has 0 saturated heterocycles. The summed E-state index contributed by atoms with van der Waals surface area (Å²) in [5.74, 6) is -0.956. The minimum Gasteiger partial charge on any atom is -0.466 e. The zero-order valence-corrected chi connectivity index (χ0v) is 17.4. The number of carbonyl (C=O) groups excluding carboxylic acids is 2. The van der Waals surface area contributed by atoms with Gasteiger partial charge < -0.3 is 9.47 Å². The molecule has 4 nitrogen and oxygen atoms in total. The molecule has 1 unspecified atom stereocenters. The second-order valence-electron chi connectivity index (χ2n) is 7.23. The SMILES string of the molecule is CCCCCCCCCCOC(=O)CCCC(=O)OC(C)c1ccc(F)cc1. The Morgan fingerprint density at radius 1 is 0.857 bits per heavy atom. The summed E-state index contributed by atoms with van der Waals surface area (Å²) in [5.41, 5.74) is 0.736. The molecule has 0 aliphatic carbocycles. The smallest absolute Gasteiger partial charge is 0.306 e. The molecular formula is C23H35FO4. The van der Waals surface area contributed by atoms with Crippen molar-refractivity contribution in [3.63, 3.8) is 0 Å². The predicted molar refractivity (Wildman–Crippen MR) is 108 cm³/mol. The first-order valence-corrected chi connectivity index (χ1v) is 10.6. The van der Waals surface area contributed by atoms with Gasteiger partial charge in [-0.15, -0.1) is 0 Å². The first kappa shape index (κ1) is 24.1. The molecular weight excluding hydrogens is 359 g/mol. The van der Waals surface area contributed by atoms with E-state index in [2.05, 4.69) is 6.92 Å².